The van der Waals surface area contributed by atoms with Crippen LogP contribution in [0.5, 0.6) is 11.5 Å². The lowest BCUT2D eigenvalue weighted by molar-refractivity contribution is -0.192. The Bertz CT molecular complexity index is 3580. The summed E-state index contributed by atoms with van der Waals surface area (Å²) < 4.78 is 53.3. The lowest BCUT2D eigenvalue weighted by Gasteiger charge is -2.20. The summed E-state index contributed by atoms with van der Waals surface area (Å²) in [6.45, 7) is 16.4. The molecule has 0 unspecified atom stereocenters. The number of hydrogen-bond donors (Lipinski definition) is 4. The van der Waals surface area contributed by atoms with Gasteiger partial charge < -0.3 is 40.2 Å². The maximum Gasteiger partial charge on any atom is 0.490 e. The number of halogens is 10. The lowest BCUT2D eigenvalue weighted by atomic mass is 10.0. The molecule has 86 heavy (non-hydrogen) atoms. The number of aliphatic carboxylic acids is 1. The zero-order chi connectivity index (χ0) is 64.8. The molecular formula is C58H58Cl7F3N8O10. The van der Waals surface area contributed by atoms with Crippen LogP contribution in [0, 0.1) is 20.8 Å². The van der Waals surface area contributed by atoms with Gasteiger partial charge in [-0.2, -0.15) is 13.2 Å². The summed E-state index contributed by atoms with van der Waals surface area (Å²) in [7, 11) is 3.20. The summed E-state index contributed by atoms with van der Waals surface area (Å²) in [6, 6.07) is 21.3. The Morgan fingerprint density at radius 1 is 0.535 bits per heavy atom. The monoisotopic (exact) mass is 1330 g/mol. The zero-order valence-corrected chi connectivity index (χ0v) is 53.2. The molecule has 0 aliphatic heterocycles. The molecule has 0 spiro atoms. The molecule has 4 aromatic carbocycles. The quantitative estimate of drug-likeness (QED) is 0.0582. The number of carboxylic acids is 2. The maximum atomic E-state index is 12.7. The zero-order valence-electron chi connectivity index (χ0n) is 48.0. The van der Waals surface area contributed by atoms with Crippen LogP contribution >= 0.6 is 81.2 Å². The Labute approximate surface area is 528 Å². The molecule has 0 aliphatic rings. The van der Waals surface area contributed by atoms with Crippen LogP contribution in [0.3, 0.4) is 0 Å². The molecule has 0 atom stereocenters. The molecule has 5 N–H and O–H groups in total. The molecule has 0 radical (unpaired) electrons. The molecule has 0 aliphatic carbocycles. The summed E-state index contributed by atoms with van der Waals surface area (Å²) in [4.78, 5) is 69.5. The summed E-state index contributed by atoms with van der Waals surface area (Å²) in [5.41, 5.74) is 11.8. The predicted octanol–water partition coefficient (Wildman–Crippen LogP) is 15.2. The molecule has 28 heteroatoms. The van der Waals surface area contributed by atoms with Gasteiger partial charge in [0.2, 0.25) is 17.5 Å². The van der Waals surface area contributed by atoms with Gasteiger partial charge >= 0.3 is 30.1 Å². The summed E-state index contributed by atoms with van der Waals surface area (Å²) >= 11 is 42.8. The minimum absolute atomic E-state index is 0.0208. The normalized spacial score (nSPS) is 11.1. The Morgan fingerprint density at radius 3 is 1.31 bits per heavy atom. The Balaban J connectivity index is 0.000000271. The number of alkyl halides is 3. The number of nitrogens with two attached hydrogens (primary N) is 1. The van der Waals surface area contributed by atoms with Crippen LogP contribution in [0.1, 0.15) is 129 Å². The Hall–Kier alpha value is -6.98. The molecule has 3 heterocycles. The molecule has 18 nitrogen and oxygen atoms in total. The number of nitrogens with zero attached hydrogens (tertiary/aromatic N) is 6. The average Bonchev–Trinajstić information content (AvgIpc) is 3.08. The minimum Gasteiger partial charge on any atom is -0.497 e. The van der Waals surface area contributed by atoms with Gasteiger partial charge in [-0.3, -0.25) is 0 Å². The van der Waals surface area contributed by atoms with Crippen molar-refractivity contribution in [3.05, 3.63) is 182 Å². The second kappa shape index (κ2) is 31.1. The minimum atomic E-state index is -5.08. The number of hydrogen-bond acceptors (Lipinski definition) is 16. The van der Waals surface area contributed by atoms with Gasteiger partial charge in [0, 0.05) is 101 Å². The fourth-order valence-corrected chi connectivity index (χ4v) is 8.93. The lowest BCUT2D eigenvalue weighted by Crippen LogP contribution is -2.26. The number of aromatic carboxylic acids is 1. The SMILES string of the molecule is COc1ccc(CNc2nc(C(=O)OC(C)(C)C)nc(C)c2Cc2ccc(Cl)cc2Cl)c(OC)c1.Cc1nc(C(=O)O)nc(N)c1Cc1ccc(Cl)cc1Cl.Cc1nc(C(=O)OC(C)(C)C)nc(Cl)c1Cc1ccc(Cl)cc1Cl.O=C(O)C(F)(F)F. The fraction of sp³-hybridized carbons (Fsp3) is 0.310. The van der Waals surface area contributed by atoms with Crippen molar-refractivity contribution in [3.63, 3.8) is 0 Å². The molecule has 460 valence electrons. The van der Waals surface area contributed by atoms with Gasteiger partial charge in [-0.25, -0.2) is 49.1 Å². The van der Waals surface area contributed by atoms with Crippen molar-refractivity contribution in [3.8, 4) is 11.5 Å². The standard InChI is InChI=1S/C26H29Cl2N3O4.C17H17Cl3N2O2.C13H11Cl2N3O2.C2HF3O2/c1-15-20(11-16-7-9-18(27)12-21(16)28)23(31-24(30-15)25(32)35-26(2,3)4)29-14-17-8-10-19(33-5)13-22(17)34-6;1-9-12(7-10-5-6-11(18)8-13(10)19)14(20)22-15(21-9)16(23)24-17(2,3)4;1-6-9(11(16)18-12(17-6)13(19)20)4-7-2-3-8(14)5-10(7)15;3-2(4,5)1(6)7/h7-10,12-13H,11,14H2,1-6H3,(H,29,30,31);5-6,8H,7H2,1-4H3;2-3,5H,4H2,1H3,(H,19,20)(H2,16,17,18);(H,6,7). The van der Waals surface area contributed by atoms with Crippen LogP contribution in [-0.4, -0.2) is 95.6 Å². The van der Waals surface area contributed by atoms with Crippen molar-refractivity contribution in [1.82, 2.24) is 29.9 Å². The van der Waals surface area contributed by atoms with Gasteiger partial charge in [-0.05, 0) is 128 Å². The van der Waals surface area contributed by atoms with E-state index in [1.165, 1.54) is 0 Å². The van der Waals surface area contributed by atoms with E-state index in [1.807, 2.05) is 37.3 Å². The Kier molecular flexibility index (Phi) is 25.8. The number of aryl methyl sites for hydroxylation is 3. The Morgan fingerprint density at radius 2 is 0.930 bits per heavy atom. The fourth-order valence-electron chi connectivity index (χ4n) is 7.22. The number of carbonyl (C=O) groups excluding carboxylic acids is 2. The van der Waals surface area contributed by atoms with Crippen LogP contribution in [0.25, 0.3) is 0 Å². The largest absolute Gasteiger partial charge is 0.497 e. The van der Waals surface area contributed by atoms with Gasteiger partial charge in [0.1, 0.15) is 39.5 Å². The van der Waals surface area contributed by atoms with Crippen LogP contribution < -0.4 is 20.5 Å². The van der Waals surface area contributed by atoms with Gasteiger partial charge in [0.25, 0.3) is 0 Å². The second-order valence-electron chi connectivity index (χ2n) is 20.2. The number of methoxy groups -OCH3 is 2. The van der Waals surface area contributed by atoms with Crippen LogP contribution in [0.4, 0.5) is 24.8 Å². The highest BCUT2D eigenvalue weighted by molar-refractivity contribution is 6.36. The molecule has 0 bridgehead atoms. The smallest absolute Gasteiger partial charge is 0.490 e. The van der Waals surface area contributed by atoms with Gasteiger partial charge in [0.15, 0.2) is 0 Å². The van der Waals surface area contributed by atoms with E-state index in [0.717, 1.165) is 27.8 Å². The number of aromatic nitrogens is 6. The number of nitrogen functional groups attached to an aromatic ring is 1. The van der Waals surface area contributed by atoms with Crippen molar-refractivity contribution in [1.29, 1.82) is 0 Å². The molecule has 0 fully saturated rings. The van der Waals surface area contributed by atoms with E-state index in [2.05, 4.69) is 35.2 Å². The molecule has 7 rings (SSSR count). The average molecular weight is 1330 g/mol. The van der Waals surface area contributed by atoms with Crippen molar-refractivity contribution < 1.29 is 61.5 Å². The number of nitrogens with one attached hydrogen (secondary N) is 1. The summed E-state index contributed by atoms with van der Waals surface area (Å²) in [6.07, 6.45) is -3.79. The van der Waals surface area contributed by atoms with Gasteiger partial charge in [-0.15, -0.1) is 0 Å². The number of carboxylic acid groups (broad SMARTS) is 2. The third kappa shape index (κ3) is 22.1. The van der Waals surface area contributed by atoms with Crippen molar-refractivity contribution >= 4 is 117 Å². The first kappa shape index (κ1) is 71.5. The highest BCUT2D eigenvalue weighted by Gasteiger charge is 2.38. The first-order valence-corrected chi connectivity index (χ1v) is 27.8. The van der Waals surface area contributed by atoms with E-state index >= 15 is 0 Å². The van der Waals surface area contributed by atoms with Crippen molar-refractivity contribution in [2.24, 2.45) is 0 Å². The molecule has 0 saturated heterocycles. The number of ether oxygens (including phenoxy) is 4. The van der Waals surface area contributed by atoms with Crippen molar-refractivity contribution in [2.75, 3.05) is 25.3 Å². The first-order valence-electron chi connectivity index (χ1n) is 25.2. The van der Waals surface area contributed by atoms with Crippen molar-refractivity contribution in [2.45, 2.75) is 105 Å². The number of benzene rings is 4. The third-order valence-corrected chi connectivity index (χ3v) is 13.4. The number of anilines is 2. The van der Waals surface area contributed by atoms with Crippen LogP contribution in [-0.2, 0) is 40.1 Å². The molecular weight excluding hydrogens is 1270 g/mol. The number of esters is 2. The van der Waals surface area contributed by atoms with E-state index in [1.54, 1.807) is 112 Å². The van der Waals surface area contributed by atoms with E-state index in [9.17, 15) is 27.6 Å². The maximum absolute atomic E-state index is 12.7. The topological polar surface area (TPSA) is 261 Å². The highest BCUT2D eigenvalue weighted by Crippen LogP contribution is 2.32. The number of carbonyl (C=O) groups is 4. The predicted molar refractivity (Wildman–Crippen MR) is 325 cm³/mol. The second-order valence-corrected chi connectivity index (χ2v) is 23.1. The summed E-state index contributed by atoms with van der Waals surface area (Å²) in [5, 5.41) is 22.8. The first-order chi connectivity index (χ1) is 39.9. The number of rotatable bonds is 14. The van der Waals surface area contributed by atoms with E-state index in [0.29, 0.717) is 101 Å². The van der Waals surface area contributed by atoms with E-state index in [-0.39, 0.29) is 28.4 Å². The third-order valence-electron chi connectivity index (χ3n) is 11.3. The van der Waals surface area contributed by atoms with E-state index < -0.39 is 41.3 Å². The molecule has 0 saturated carbocycles. The van der Waals surface area contributed by atoms with E-state index in [4.69, 9.17) is 121 Å². The summed E-state index contributed by atoms with van der Waals surface area (Å²) in [5.74, 6) is -3.57. The van der Waals surface area contributed by atoms with Gasteiger partial charge in [-0.1, -0.05) is 99.4 Å². The molecule has 7 aromatic rings. The van der Waals surface area contributed by atoms with Crippen LogP contribution in [0.2, 0.25) is 35.3 Å². The highest BCUT2D eigenvalue weighted by atomic mass is 35.5. The van der Waals surface area contributed by atoms with Crippen LogP contribution in [0.15, 0.2) is 72.8 Å². The molecule has 3 aromatic heterocycles. The molecule has 0 amide bonds. The van der Waals surface area contributed by atoms with Gasteiger partial charge in [0.05, 0.1) is 14.2 Å².